The lowest BCUT2D eigenvalue weighted by Gasteiger charge is -2.04. The molecule has 0 heterocycles. The zero-order valence-corrected chi connectivity index (χ0v) is 19.5. The summed E-state index contributed by atoms with van der Waals surface area (Å²) >= 11 is 8.45. The fourth-order valence-electron chi connectivity index (χ4n) is 2.58. The Morgan fingerprint density at radius 1 is 0.407 bits per heavy atom. The van der Waals surface area contributed by atoms with E-state index >= 15 is 0 Å². The fourth-order valence-corrected chi connectivity index (χ4v) is 6.92. The highest BCUT2D eigenvalue weighted by Crippen LogP contribution is 2.14. The Labute approximate surface area is 183 Å². The molecule has 0 spiro atoms. The molecule has 27 heavy (non-hydrogen) atoms. The van der Waals surface area contributed by atoms with Crippen LogP contribution >= 0.6 is 47.0 Å². The van der Waals surface area contributed by atoms with Crippen molar-refractivity contribution in [2.45, 2.75) is 19.3 Å². The minimum atomic E-state index is 1.20. The van der Waals surface area contributed by atoms with Crippen molar-refractivity contribution in [3.8, 4) is 0 Å². The van der Waals surface area contributed by atoms with E-state index in [4.69, 9.17) is 0 Å². The first kappa shape index (κ1) is 23.1. The summed E-state index contributed by atoms with van der Waals surface area (Å²) < 4.78 is 0. The maximum absolute atomic E-state index is 2.23. The van der Waals surface area contributed by atoms with Gasteiger partial charge in [0, 0.05) is 23.0 Å². The van der Waals surface area contributed by atoms with Crippen LogP contribution in [0.2, 0.25) is 0 Å². The Balaban J connectivity index is 1.26. The summed E-state index contributed by atoms with van der Waals surface area (Å²) in [4.78, 5) is 0. The molecule has 148 valence electrons. The quantitative estimate of drug-likeness (QED) is 0.265. The lowest BCUT2D eigenvalue weighted by molar-refractivity contribution is 1.12. The molecule has 0 nitrogen and oxygen atoms in total. The molecule has 0 atom stereocenters. The van der Waals surface area contributed by atoms with E-state index in [-0.39, 0.29) is 0 Å². The van der Waals surface area contributed by atoms with Crippen LogP contribution in [-0.4, -0.2) is 46.0 Å². The minimum absolute atomic E-state index is 1.20. The molecule has 0 bridgehead atoms. The second-order valence-electron chi connectivity index (χ2n) is 6.27. The van der Waals surface area contributed by atoms with Gasteiger partial charge in [0.2, 0.25) is 0 Å². The van der Waals surface area contributed by atoms with Crippen LogP contribution in [0, 0.1) is 0 Å². The number of benzene rings is 2. The molecule has 0 radical (unpaired) electrons. The van der Waals surface area contributed by atoms with Gasteiger partial charge in [-0.25, -0.2) is 0 Å². The monoisotopic (exact) mass is 436 g/mol. The summed E-state index contributed by atoms with van der Waals surface area (Å²) in [6, 6.07) is 21.7. The molecule has 0 fully saturated rings. The van der Waals surface area contributed by atoms with Crippen LogP contribution in [0.25, 0.3) is 0 Å². The van der Waals surface area contributed by atoms with E-state index in [0.29, 0.717) is 0 Å². The number of rotatable bonds is 16. The Morgan fingerprint density at radius 3 is 1.19 bits per heavy atom. The van der Waals surface area contributed by atoms with Crippen molar-refractivity contribution in [1.29, 1.82) is 0 Å². The van der Waals surface area contributed by atoms with Crippen LogP contribution in [0.5, 0.6) is 0 Å². The van der Waals surface area contributed by atoms with Gasteiger partial charge in [-0.05, 0) is 53.4 Å². The average Bonchev–Trinajstić information content (AvgIpc) is 2.72. The highest BCUT2D eigenvalue weighted by molar-refractivity contribution is 8.03. The molecule has 0 unspecified atom stereocenters. The molecule has 0 saturated heterocycles. The second kappa shape index (κ2) is 16.8. The van der Waals surface area contributed by atoms with E-state index in [1.165, 1.54) is 76.4 Å². The largest absolute Gasteiger partial charge is 0.161 e. The van der Waals surface area contributed by atoms with Crippen LogP contribution in [0.15, 0.2) is 60.7 Å². The third-order valence-electron chi connectivity index (χ3n) is 4.08. The lowest BCUT2D eigenvalue weighted by Crippen LogP contribution is -1.94. The SMILES string of the molecule is c1ccc(CCSCCSCCCSCCSCCc2ccccc2)cc1. The molecule has 0 aliphatic rings. The average molecular weight is 437 g/mol. The fraction of sp³-hybridized carbons (Fsp3) is 0.478. The van der Waals surface area contributed by atoms with Gasteiger partial charge < -0.3 is 0 Å². The molecule has 0 amide bonds. The number of thioether (sulfide) groups is 4. The summed E-state index contributed by atoms with van der Waals surface area (Å²) in [6.45, 7) is 0. The highest BCUT2D eigenvalue weighted by atomic mass is 32.2. The van der Waals surface area contributed by atoms with Gasteiger partial charge in [0.15, 0.2) is 0 Å². The van der Waals surface area contributed by atoms with Crippen LogP contribution in [-0.2, 0) is 12.8 Å². The Kier molecular flexibility index (Phi) is 14.4. The van der Waals surface area contributed by atoms with E-state index in [1.807, 2.05) is 0 Å². The molecule has 0 aromatic heterocycles. The third kappa shape index (κ3) is 12.8. The first-order chi connectivity index (χ1) is 13.4. The van der Waals surface area contributed by atoms with Crippen LogP contribution in [0.1, 0.15) is 17.5 Å². The van der Waals surface area contributed by atoms with Gasteiger partial charge in [-0.2, -0.15) is 47.0 Å². The van der Waals surface area contributed by atoms with E-state index in [1.54, 1.807) is 0 Å². The van der Waals surface area contributed by atoms with E-state index in [0.717, 1.165) is 0 Å². The van der Waals surface area contributed by atoms with Crippen LogP contribution in [0.4, 0.5) is 0 Å². The molecule has 2 aromatic carbocycles. The van der Waals surface area contributed by atoms with Crippen molar-refractivity contribution in [2.75, 3.05) is 46.0 Å². The van der Waals surface area contributed by atoms with Crippen molar-refractivity contribution in [3.05, 3.63) is 71.8 Å². The summed E-state index contributed by atoms with van der Waals surface area (Å²) in [7, 11) is 0. The zero-order valence-electron chi connectivity index (χ0n) is 16.2. The van der Waals surface area contributed by atoms with Crippen molar-refractivity contribution in [3.63, 3.8) is 0 Å². The van der Waals surface area contributed by atoms with E-state index in [9.17, 15) is 0 Å². The Morgan fingerprint density at radius 2 is 0.778 bits per heavy atom. The Hall–Kier alpha value is -0.160. The predicted molar refractivity (Wildman–Crippen MR) is 134 cm³/mol. The van der Waals surface area contributed by atoms with E-state index in [2.05, 4.69) is 108 Å². The standard InChI is InChI=1S/C23H32S4/c1-3-8-22(9-4-1)12-16-26-20-18-24-14-7-15-25-19-21-27-17-13-23-10-5-2-6-11-23/h1-6,8-11H,7,12-21H2. The normalized spacial score (nSPS) is 11.0. The summed E-state index contributed by atoms with van der Waals surface area (Å²) in [5.74, 6) is 10.4. The lowest BCUT2D eigenvalue weighted by atomic mass is 10.2. The molecule has 2 rings (SSSR count). The van der Waals surface area contributed by atoms with Crippen molar-refractivity contribution < 1.29 is 0 Å². The van der Waals surface area contributed by atoms with Crippen molar-refractivity contribution in [1.82, 2.24) is 0 Å². The van der Waals surface area contributed by atoms with Crippen LogP contribution in [0.3, 0.4) is 0 Å². The van der Waals surface area contributed by atoms with E-state index < -0.39 is 0 Å². The van der Waals surface area contributed by atoms with Gasteiger partial charge >= 0.3 is 0 Å². The number of hydrogen-bond donors (Lipinski definition) is 0. The van der Waals surface area contributed by atoms with Gasteiger partial charge in [0.05, 0.1) is 0 Å². The molecule has 2 aromatic rings. The maximum Gasteiger partial charge on any atom is 0.00237 e. The van der Waals surface area contributed by atoms with Crippen molar-refractivity contribution in [2.24, 2.45) is 0 Å². The van der Waals surface area contributed by atoms with Gasteiger partial charge in [-0.3, -0.25) is 0 Å². The van der Waals surface area contributed by atoms with Crippen molar-refractivity contribution >= 4 is 47.0 Å². The molecular weight excluding hydrogens is 405 g/mol. The summed E-state index contributed by atoms with van der Waals surface area (Å²) in [5.41, 5.74) is 2.93. The zero-order chi connectivity index (χ0) is 18.8. The molecule has 4 heteroatoms. The van der Waals surface area contributed by atoms with Gasteiger partial charge in [-0.15, -0.1) is 0 Å². The van der Waals surface area contributed by atoms with Gasteiger partial charge in [-0.1, -0.05) is 60.7 Å². The predicted octanol–water partition coefficient (Wildman–Crippen LogP) is 6.79. The minimum Gasteiger partial charge on any atom is -0.161 e. The molecule has 0 aliphatic heterocycles. The Bertz CT molecular complexity index is 508. The number of aryl methyl sites for hydroxylation is 2. The van der Waals surface area contributed by atoms with Gasteiger partial charge in [0.25, 0.3) is 0 Å². The number of hydrogen-bond acceptors (Lipinski definition) is 4. The molecule has 0 aliphatic carbocycles. The first-order valence-corrected chi connectivity index (χ1v) is 14.5. The second-order valence-corrected chi connectivity index (χ2v) is 11.2. The molecule has 0 N–H and O–H groups in total. The third-order valence-corrected chi connectivity index (χ3v) is 8.71. The smallest absolute Gasteiger partial charge is 0.00237 e. The molecular formula is C23H32S4. The topological polar surface area (TPSA) is 0 Å². The summed E-state index contributed by atoms with van der Waals surface area (Å²) in [5, 5.41) is 0. The first-order valence-electron chi connectivity index (χ1n) is 9.84. The van der Waals surface area contributed by atoms with Gasteiger partial charge in [0.1, 0.15) is 0 Å². The highest BCUT2D eigenvalue weighted by Gasteiger charge is 1.96. The molecule has 0 saturated carbocycles. The van der Waals surface area contributed by atoms with Crippen LogP contribution < -0.4 is 0 Å². The summed E-state index contributed by atoms with van der Waals surface area (Å²) in [6.07, 6.45) is 3.77. The maximum atomic E-state index is 2.23.